The molecule has 2 aromatic rings. The van der Waals surface area contributed by atoms with Gasteiger partial charge in [-0.05, 0) is 19.1 Å². The largest absolute Gasteiger partial charge is 0.477 e. The SMILES string of the molecule is CC(Cn1ccnc1)Nc1cccc(C(=O)O)n1. The molecule has 94 valence electrons. The molecule has 0 bridgehead atoms. The molecule has 0 aliphatic rings. The highest BCUT2D eigenvalue weighted by Crippen LogP contribution is 2.07. The van der Waals surface area contributed by atoms with Gasteiger partial charge in [0.05, 0.1) is 6.33 Å². The van der Waals surface area contributed by atoms with E-state index in [1.54, 1.807) is 24.7 Å². The number of carboxylic acid groups (broad SMARTS) is 1. The summed E-state index contributed by atoms with van der Waals surface area (Å²) in [6.07, 6.45) is 5.33. The molecule has 1 unspecified atom stereocenters. The summed E-state index contributed by atoms with van der Waals surface area (Å²) in [5.41, 5.74) is 0.0369. The van der Waals surface area contributed by atoms with Crippen molar-refractivity contribution in [2.24, 2.45) is 0 Å². The molecule has 18 heavy (non-hydrogen) atoms. The first-order valence-corrected chi connectivity index (χ1v) is 5.58. The minimum atomic E-state index is -1.03. The number of nitrogens with zero attached hydrogens (tertiary/aromatic N) is 3. The minimum absolute atomic E-state index is 0.0369. The highest BCUT2D eigenvalue weighted by atomic mass is 16.4. The van der Waals surface area contributed by atoms with Gasteiger partial charge in [-0.2, -0.15) is 0 Å². The molecule has 1 atom stereocenters. The molecule has 0 aliphatic heterocycles. The number of hydrogen-bond donors (Lipinski definition) is 2. The van der Waals surface area contributed by atoms with E-state index in [4.69, 9.17) is 5.11 Å². The number of imidazole rings is 1. The van der Waals surface area contributed by atoms with Crippen LogP contribution in [0.15, 0.2) is 36.9 Å². The number of aromatic carboxylic acids is 1. The van der Waals surface area contributed by atoms with E-state index >= 15 is 0 Å². The Labute approximate surface area is 104 Å². The highest BCUT2D eigenvalue weighted by Gasteiger charge is 2.07. The summed E-state index contributed by atoms with van der Waals surface area (Å²) in [4.78, 5) is 18.8. The van der Waals surface area contributed by atoms with E-state index < -0.39 is 5.97 Å². The van der Waals surface area contributed by atoms with Crippen molar-refractivity contribution < 1.29 is 9.90 Å². The molecule has 2 aromatic heterocycles. The molecule has 0 aliphatic carbocycles. The summed E-state index contributed by atoms with van der Waals surface area (Å²) in [6.45, 7) is 2.73. The van der Waals surface area contributed by atoms with E-state index in [1.165, 1.54) is 6.07 Å². The summed E-state index contributed by atoms with van der Waals surface area (Å²) in [5.74, 6) is -0.469. The van der Waals surface area contributed by atoms with Crippen molar-refractivity contribution in [3.8, 4) is 0 Å². The van der Waals surface area contributed by atoms with Crippen LogP contribution in [0.3, 0.4) is 0 Å². The van der Waals surface area contributed by atoms with Crippen LogP contribution in [0.1, 0.15) is 17.4 Å². The third-order valence-corrected chi connectivity index (χ3v) is 2.41. The Morgan fingerprint density at radius 3 is 3.06 bits per heavy atom. The fourth-order valence-electron chi connectivity index (χ4n) is 1.64. The van der Waals surface area contributed by atoms with E-state index in [1.807, 2.05) is 17.7 Å². The predicted octanol–water partition coefficient (Wildman–Crippen LogP) is 1.48. The van der Waals surface area contributed by atoms with E-state index in [0.29, 0.717) is 5.82 Å². The molecule has 0 fully saturated rings. The molecule has 2 rings (SSSR count). The molecular formula is C12H14N4O2. The fourth-order valence-corrected chi connectivity index (χ4v) is 1.64. The van der Waals surface area contributed by atoms with Crippen molar-refractivity contribution in [1.82, 2.24) is 14.5 Å². The number of pyridine rings is 1. The maximum Gasteiger partial charge on any atom is 0.354 e. The number of carbonyl (C=O) groups is 1. The van der Waals surface area contributed by atoms with Crippen molar-refractivity contribution in [2.45, 2.75) is 19.5 Å². The Balaban J connectivity index is 2.00. The third-order valence-electron chi connectivity index (χ3n) is 2.41. The van der Waals surface area contributed by atoms with Gasteiger partial charge in [0.25, 0.3) is 0 Å². The fraction of sp³-hybridized carbons (Fsp3) is 0.250. The van der Waals surface area contributed by atoms with Crippen LogP contribution in [0.2, 0.25) is 0 Å². The zero-order chi connectivity index (χ0) is 13.0. The Morgan fingerprint density at radius 2 is 2.39 bits per heavy atom. The topological polar surface area (TPSA) is 80.0 Å². The molecule has 6 heteroatoms. The molecular weight excluding hydrogens is 232 g/mol. The van der Waals surface area contributed by atoms with Gasteiger partial charge in [0.1, 0.15) is 5.82 Å². The molecule has 0 radical (unpaired) electrons. The zero-order valence-corrected chi connectivity index (χ0v) is 9.95. The lowest BCUT2D eigenvalue weighted by molar-refractivity contribution is 0.0690. The summed E-state index contributed by atoms with van der Waals surface area (Å²) < 4.78 is 1.94. The average molecular weight is 246 g/mol. The number of aromatic nitrogens is 3. The van der Waals surface area contributed by atoms with Crippen molar-refractivity contribution in [1.29, 1.82) is 0 Å². The Hall–Kier alpha value is -2.37. The lowest BCUT2D eigenvalue weighted by atomic mass is 10.3. The first-order chi connectivity index (χ1) is 8.65. The normalized spacial score (nSPS) is 12.1. The van der Waals surface area contributed by atoms with Crippen molar-refractivity contribution >= 4 is 11.8 Å². The molecule has 2 N–H and O–H groups in total. The van der Waals surface area contributed by atoms with E-state index in [9.17, 15) is 4.79 Å². The van der Waals surface area contributed by atoms with E-state index in [0.717, 1.165) is 6.54 Å². The van der Waals surface area contributed by atoms with Crippen LogP contribution in [0.4, 0.5) is 5.82 Å². The lowest BCUT2D eigenvalue weighted by Gasteiger charge is -2.15. The number of rotatable bonds is 5. The summed E-state index contributed by atoms with van der Waals surface area (Å²) >= 11 is 0. The molecule has 0 saturated carbocycles. The van der Waals surface area contributed by atoms with Gasteiger partial charge in [0.15, 0.2) is 5.69 Å². The highest BCUT2D eigenvalue weighted by molar-refractivity contribution is 5.85. The van der Waals surface area contributed by atoms with Gasteiger partial charge >= 0.3 is 5.97 Å². The molecule has 0 amide bonds. The smallest absolute Gasteiger partial charge is 0.354 e. The zero-order valence-electron chi connectivity index (χ0n) is 9.95. The van der Waals surface area contributed by atoms with Crippen molar-refractivity contribution in [3.63, 3.8) is 0 Å². The standard InChI is InChI=1S/C12H14N4O2/c1-9(7-16-6-5-13-8-16)14-11-4-2-3-10(15-11)12(17)18/h2-6,8-9H,7H2,1H3,(H,14,15)(H,17,18). The van der Waals surface area contributed by atoms with Crippen LogP contribution in [0, 0.1) is 0 Å². The number of nitrogens with one attached hydrogen (secondary N) is 1. The molecule has 0 aromatic carbocycles. The summed E-state index contributed by atoms with van der Waals surface area (Å²) in [6, 6.07) is 5.00. The predicted molar refractivity (Wildman–Crippen MR) is 66.5 cm³/mol. The molecule has 6 nitrogen and oxygen atoms in total. The first kappa shape index (κ1) is 12.1. The van der Waals surface area contributed by atoms with Crippen LogP contribution < -0.4 is 5.32 Å². The Bertz CT molecular complexity index is 525. The molecule has 2 heterocycles. The summed E-state index contributed by atoms with van der Waals surface area (Å²) in [5, 5.41) is 12.0. The van der Waals surface area contributed by atoms with Gasteiger partial charge in [-0.3, -0.25) is 0 Å². The van der Waals surface area contributed by atoms with Gasteiger partial charge < -0.3 is 15.0 Å². The average Bonchev–Trinajstić information content (AvgIpc) is 2.82. The van der Waals surface area contributed by atoms with Gasteiger partial charge in [0, 0.05) is 25.0 Å². The maximum absolute atomic E-state index is 10.8. The quantitative estimate of drug-likeness (QED) is 0.835. The lowest BCUT2D eigenvalue weighted by Crippen LogP contribution is -2.22. The number of anilines is 1. The number of hydrogen-bond acceptors (Lipinski definition) is 4. The first-order valence-electron chi connectivity index (χ1n) is 5.58. The Morgan fingerprint density at radius 1 is 1.56 bits per heavy atom. The van der Waals surface area contributed by atoms with Crippen LogP contribution in [0.5, 0.6) is 0 Å². The van der Waals surface area contributed by atoms with Gasteiger partial charge in [-0.25, -0.2) is 14.8 Å². The van der Waals surface area contributed by atoms with Crippen LogP contribution >= 0.6 is 0 Å². The number of carboxylic acids is 1. The molecule has 0 saturated heterocycles. The van der Waals surface area contributed by atoms with Crippen molar-refractivity contribution in [2.75, 3.05) is 5.32 Å². The minimum Gasteiger partial charge on any atom is -0.477 e. The van der Waals surface area contributed by atoms with E-state index in [-0.39, 0.29) is 11.7 Å². The second kappa shape index (κ2) is 5.31. The molecule has 0 spiro atoms. The third kappa shape index (κ3) is 3.07. The second-order valence-corrected chi connectivity index (χ2v) is 4.02. The van der Waals surface area contributed by atoms with Crippen LogP contribution in [0.25, 0.3) is 0 Å². The van der Waals surface area contributed by atoms with E-state index in [2.05, 4.69) is 15.3 Å². The monoisotopic (exact) mass is 246 g/mol. The van der Waals surface area contributed by atoms with Gasteiger partial charge in [-0.1, -0.05) is 6.07 Å². The van der Waals surface area contributed by atoms with Crippen LogP contribution in [-0.2, 0) is 6.54 Å². The second-order valence-electron chi connectivity index (χ2n) is 4.02. The van der Waals surface area contributed by atoms with Gasteiger partial charge in [0.2, 0.25) is 0 Å². The maximum atomic E-state index is 10.8. The summed E-state index contributed by atoms with van der Waals surface area (Å²) in [7, 11) is 0. The van der Waals surface area contributed by atoms with Gasteiger partial charge in [-0.15, -0.1) is 0 Å². The van der Waals surface area contributed by atoms with Crippen LogP contribution in [-0.4, -0.2) is 31.7 Å². The van der Waals surface area contributed by atoms with Crippen molar-refractivity contribution in [3.05, 3.63) is 42.6 Å². The Kier molecular flexibility index (Phi) is 3.57.